The second-order valence-corrected chi connectivity index (χ2v) is 8.43. The van der Waals surface area contributed by atoms with Crippen LogP contribution >= 0.6 is 11.6 Å². The van der Waals surface area contributed by atoms with Crippen LogP contribution in [0.15, 0.2) is 42.5 Å². The van der Waals surface area contributed by atoms with E-state index in [1.807, 2.05) is 12.1 Å². The second kappa shape index (κ2) is 9.22. The lowest BCUT2D eigenvalue weighted by atomic mass is 10.1. The lowest BCUT2D eigenvalue weighted by Crippen LogP contribution is -2.36. The summed E-state index contributed by atoms with van der Waals surface area (Å²) in [6.07, 6.45) is -5.60. The topological polar surface area (TPSA) is 83.3 Å². The Labute approximate surface area is 197 Å². The Hall–Kier alpha value is -3.18. The molecule has 2 atom stereocenters. The fraction of sp³-hybridized carbons (Fsp3) is 0.318. The number of urea groups is 1. The summed E-state index contributed by atoms with van der Waals surface area (Å²) in [7, 11) is 0. The number of benzene rings is 2. The zero-order valence-electron chi connectivity index (χ0n) is 17.9. The third kappa shape index (κ3) is 5.00. The molecule has 1 fully saturated rings. The summed E-state index contributed by atoms with van der Waals surface area (Å²) in [5, 5.41) is 21.5. The lowest BCUT2D eigenvalue weighted by molar-refractivity contribution is -0.139. The highest BCUT2D eigenvalue weighted by molar-refractivity contribution is 6.30. The summed E-state index contributed by atoms with van der Waals surface area (Å²) in [6.45, 7) is 2.08. The zero-order chi connectivity index (χ0) is 24.6. The van der Waals surface area contributed by atoms with Crippen molar-refractivity contribution < 1.29 is 27.5 Å². The number of alkyl halides is 3. The minimum atomic E-state index is -4.91. The van der Waals surface area contributed by atoms with E-state index in [1.165, 1.54) is 4.90 Å². The Bertz CT molecular complexity index is 1200. The number of β-amino-alcohol motifs (C(OH)–C–C–N with tert-alkyl or cyclic N) is 1. The van der Waals surface area contributed by atoms with Crippen LogP contribution in [-0.2, 0) is 12.7 Å². The number of nitrogens with zero attached hydrogens (tertiary/aromatic N) is 4. The van der Waals surface area contributed by atoms with E-state index in [4.69, 9.17) is 11.6 Å². The molecule has 7 nitrogen and oxygen atoms in total. The van der Waals surface area contributed by atoms with E-state index in [0.717, 1.165) is 11.6 Å². The van der Waals surface area contributed by atoms with E-state index >= 15 is 0 Å². The molecule has 1 aliphatic rings. The Kier molecular flexibility index (Phi) is 6.50. The standard InChI is InChI=1S/C22H20ClF4N5O2/c1-12-29-30-20(31(12)10-13-2-4-14(23)5-3-13)19-9-16(33)11-32(19)21(34)28-15-6-7-18(24)17(8-15)22(25,26)27/h2-8,16,19,33H,9-11H2,1H3,(H,28,34). The summed E-state index contributed by atoms with van der Waals surface area (Å²) in [5.41, 5.74) is -0.798. The zero-order valence-corrected chi connectivity index (χ0v) is 18.6. The molecule has 0 saturated carbocycles. The number of hydrogen-bond acceptors (Lipinski definition) is 4. The molecule has 1 aliphatic heterocycles. The van der Waals surface area contributed by atoms with Crippen LogP contribution in [0.3, 0.4) is 0 Å². The fourth-order valence-corrected chi connectivity index (χ4v) is 4.04. The molecule has 180 valence electrons. The molecule has 1 saturated heterocycles. The van der Waals surface area contributed by atoms with E-state index in [0.29, 0.717) is 35.3 Å². The van der Waals surface area contributed by atoms with Crippen molar-refractivity contribution in [3.8, 4) is 0 Å². The van der Waals surface area contributed by atoms with E-state index in [2.05, 4.69) is 15.5 Å². The van der Waals surface area contributed by atoms with Crippen LogP contribution in [0, 0.1) is 12.7 Å². The van der Waals surface area contributed by atoms with Crippen molar-refractivity contribution in [2.75, 3.05) is 11.9 Å². The summed E-state index contributed by atoms with van der Waals surface area (Å²) in [4.78, 5) is 14.2. The molecule has 2 unspecified atom stereocenters. The van der Waals surface area contributed by atoms with Gasteiger partial charge in [-0.2, -0.15) is 13.2 Å². The van der Waals surface area contributed by atoms with Gasteiger partial charge in [-0.25, -0.2) is 9.18 Å². The van der Waals surface area contributed by atoms with Crippen molar-refractivity contribution in [1.29, 1.82) is 0 Å². The number of likely N-dealkylation sites (tertiary alicyclic amines) is 1. The van der Waals surface area contributed by atoms with Gasteiger partial charge in [-0.15, -0.1) is 10.2 Å². The van der Waals surface area contributed by atoms with Crippen molar-refractivity contribution in [3.63, 3.8) is 0 Å². The smallest absolute Gasteiger partial charge is 0.391 e. The predicted octanol–water partition coefficient (Wildman–Crippen LogP) is 4.79. The Balaban J connectivity index is 1.58. The number of carbonyl (C=O) groups excluding carboxylic acids is 1. The molecule has 2 aromatic carbocycles. The van der Waals surface area contributed by atoms with Gasteiger partial charge >= 0.3 is 12.2 Å². The van der Waals surface area contributed by atoms with Crippen molar-refractivity contribution in [3.05, 3.63) is 76.1 Å². The molecule has 0 aliphatic carbocycles. The van der Waals surface area contributed by atoms with E-state index in [-0.39, 0.29) is 18.7 Å². The molecular formula is C22H20ClF4N5O2. The van der Waals surface area contributed by atoms with Gasteiger partial charge in [-0.1, -0.05) is 23.7 Å². The molecule has 2 N–H and O–H groups in total. The van der Waals surface area contributed by atoms with E-state index in [9.17, 15) is 27.5 Å². The van der Waals surface area contributed by atoms with Crippen LogP contribution in [0.1, 0.15) is 35.2 Å². The highest BCUT2D eigenvalue weighted by Gasteiger charge is 2.39. The second-order valence-electron chi connectivity index (χ2n) is 8.00. The minimum absolute atomic E-state index is 0.0589. The van der Waals surface area contributed by atoms with Gasteiger partial charge in [-0.3, -0.25) is 0 Å². The van der Waals surface area contributed by atoms with Gasteiger partial charge in [0.2, 0.25) is 0 Å². The average molecular weight is 498 g/mol. The first-order chi connectivity index (χ1) is 16.0. The highest BCUT2D eigenvalue weighted by Crippen LogP contribution is 2.35. The van der Waals surface area contributed by atoms with Gasteiger partial charge < -0.3 is 19.9 Å². The van der Waals surface area contributed by atoms with Crippen molar-refractivity contribution in [2.24, 2.45) is 0 Å². The summed E-state index contributed by atoms with van der Waals surface area (Å²) in [5.74, 6) is -0.431. The lowest BCUT2D eigenvalue weighted by Gasteiger charge is -2.25. The van der Waals surface area contributed by atoms with E-state index in [1.54, 1.807) is 23.6 Å². The number of anilines is 1. The first-order valence-corrected chi connectivity index (χ1v) is 10.7. The monoisotopic (exact) mass is 497 g/mol. The van der Waals surface area contributed by atoms with Crippen LogP contribution in [0.2, 0.25) is 5.02 Å². The van der Waals surface area contributed by atoms with Gasteiger partial charge in [0, 0.05) is 23.7 Å². The first kappa shape index (κ1) is 24.0. The maximum absolute atomic E-state index is 13.6. The number of rotatable bonds is 4. The van der Waals surface area contributed by atoms with Gasteiger partial charge in [-0.05, 0) is 42.8 Å². The first-order valence-electron chi connectivity index (χ1n) is 10.3. The molecule has 3 aromatic rings. The number of amides is 2. The number of aliphatic hydroxyl groups is 1. The largest absolute Gasteiger partial charge is 0.419 e. The third-order valence-electron chi connectivity index (χ3n) is 5.58. The van der Waals surface area contributed by atoms with Crippen LogP contribution in [0.25, 0.3) is 0 Å². The average Bonchev–Trinajstić information content (AvgIpc) is 3.32. The number of aromatic nitrogens is 3. The van der Waals surface area contributed by atoms with Gasteiger partial charge in [0.1, 0.15) is 11.6 Å². The molecule has 0 radical (unpaired) electrons. The van der Waals surface area contributed by atoms with Crippen molar-refractivity contribution in [1.82, 2.24) is 19.7 Å². The maximum Gasteiger partial charge on any atom is 0.419 e. The molecule has 2 amide bonds. The number of aliphatic hydroxyl groups excluding tert-OH is 1. The third-order valence-corrected chi connectivity index (χ3v) is 5.83. The molecule has 34 heavy (non-hydrogen) atoms. The summed E-state index contributed by atoms with van der Waals surface area (Å²) < 4.78 is 54.5. The van der Waals surface area contributed by atoms with Gasteiger partial charge in [0.15, 0.2) is 5.82 Å². The van der Waals surface area contributed by atoms with Gasteiger partial charge in [0.05, 0.1) is 24.3 Å². The molecule has 1 aromatic heterocycles. The highest BCUT2D eigenvalue weighted by atomic mass is 35.5. The SMILES string of the molecule is Cc1nnc(C2CC(O)CN2C(=O)Nc2ccc(F)c(C(F)(F)F)c2)n1Cc1ccc(Cl)cc1. The molecule has 4 rings (SSSR count). The molecular weight excluding hydrogens is 478 g/mol. The molecule has 0 bridgehead atoms. The number of carbonyl (C=O) groups is 1. The maximum atomic E-state index is 13.6. The van der Waals surface area contributed by atoms with Crippen LogP contribution in [0.4, 0.5) is 28.0 Å². The van der Waals surface area contributed by atoms with Crippen LogP contribution in [0.5, 0.6) is 0 Å². The van der Waals surface area contributed by atoms with Crippen LogP contribution < -0.4 is 5.32 Å². The minimum Gasteiger partial charge on any atom is -0.391 e. The summed E-state index contributed by atoms with van der Waals surface area (Å²) in [6, 6.07) is 7.95. The summed E-state index contributed by atoms with van der Waals surface area (Å²) >= 11 is 5.95. The molecule has 12 heteroatoms. The number of hydrogen-bond donors (Lipinski definition) is 2. The predicted molar refractivity (Wildman–Crippen MR) is 116 cm³/mol. The van der Waals surface area contributed by atoms with Gasteiger partial charge in [0.25, 0.3) is 0 Å². The number of nitrogens with one attached hydrogen (secondary N) is 1. The number of aryl methyl sites for hydroxylation is 1. The van der Waals surface area contributed by atoms with E-state index < -0.39 is 35.7 Å². The molecule has 0 spiro atoms. The number of halogens is 5. The van der Waals surface area contributed by atoms with Crippen molar-refractivity contribution >= 4 is 23.3 Å². The Morgan fingerprint density at radius 1 is 1.21 bits per heavy atom. The normalized spacial score (nSPS) is 18.4. The van der Waals surface area contributed by atoms with Crippen LogP contribution in [-0.4, -0.2) is 43.5 Å². The Morgan fingerprint density at radius 2 is 1.91 bits per heavy atom. The Morgan fingerprint density at radius 3 is 2.59 bits per heavy atom. The molecule has 2 heterocycles. The quantitative estimate of drug-likeness (QED) is 0.508. The fourth-order valence-electron chi connectivity index (χ4n) is 3.91. The van der Waals surface area contributed by atoms with Crippen molar-refractivity contribution in [2.45, 2.75) is 38.2 Å².